The smallest absolute Gasteiger partial charge is 0.350 e. The van der Waals surface area contributed by atoms with Crippen molar-refractivity contribution in [3.05, 3.63) is 29.1 Å². The molecule has 1 aromatic heterocycles. The van der Waals surface area contributed by atoms with Gasteiger partial charge in [-0.3, -0.25) is 9.78 Å². The first kappa shape index (κ1) is 13.6. The van der Waals surface area contributed by atoms with Gasteiger partial charge in [-0.25, -0.2) is 0 Å². The third kappa shape index (κ3) is 3.01. The van der Waals surface area contributed by atoms with Gasteiger partial charge in [-0.15, -0.1) is 0 Å². The molecule has 0 aromatic carbocycles. The molecule has 0 spiro atoms. The zero-order valence-corrected chi connectivity index (χ0v) is 9.12. The van der Waals surface area contributed by atoms with Crippen molar-refractivity contribution in [3.63, 3.8) is 0 Å². The van der Waals surface area contributed by atoms with Crippen LogP contribution in [0.25, 0.3) is 0 Å². The van der Waals surface area contributed by atoms with Gasteiger partial charge in [-0.1, -0.05) is 0 Å². The SMILES string of the molecule is COC(OC)c1ncc(C=O)cc1C(F)(F)F. The Hall–Kier alpha value is -1.47. The first-order chi connectivity index (χ1) is 7.93. The summed E-state index contributed by atoms with van der Waals surface area (Å²) in [5, 5.41) is 0. The summed E-state index contributed by atoms with van der Waals surface area (Å²) in [4.78, 5) is 14.0. The van der Waals surface area contributed by atoms with Crippen LogP contribution in [-0.4, -0.2) is 25.5 Å². The Morgan fingerprint density at radius 2 is 1.94 bits per heavy atom. The van der Waals surface area contributed by atoms with Crippen LogP contribution >= 0.6 is 0 Å². The molecule has 0 aliphatic rings. The molecule has 0 saturated carbocycles. The molecule has 1 rings (SSSR count). The zero-order chi connectivity index (χ0) is 13.1. The number of hydrogen-bond donors (Lipinski definition) is 0. The molecule has 4 nitrogen and oxygen atoms in total. The first-order valence-electron chi connectivity index (χ1n) is 4.52. The van der Waals surface area contributed by atoms with E-state index < -0.39 is 23.7 Å². The molecule has 94 valence electrons. The number of alkyl halides is 3. The van der Waals surface area contributed by atoms with Crippen LogP contribution in [0.2, 0.25) is 0 Å². The second-order valence-electron chi connectivity index (χ2n) is 3.12. The Bertz CT molecular complexity index is 402. The van der Waals surface area contributed by atoms with E-state index in [2.05, 4.69) is 4.98 Å². The van der Waals surface area contributed by atoms with Gasteiger partial charge in [-0.2, -0.15) is 13.2 Å². The Balaban J connectivity index is 3.34. The van der Waals surface area contributed by atoms with Gasteiger partial charge in [0.25, 0.3) is 0 Å². The van der Waals surface area contributed by atoms with Gasteiger partial charge >= 0.3 is 6.18 Å². The number of pyridine rings is 1. The monoisotopic (exact) mass is 249 g/mol. The molecule has 0 atom stereocenters. The molecule has 0 aliphatic carbocycles. The lowest BCUT2D eigenvalue weighted by molar-refractivity contribution is -0.149. The summed E-state index contributed by atoms with van der Waals surface area (Å²) >= 11 is 0. The van der Waals surface area contributed by atoms with Crippen molar-refractivity contribution in [2.45, 2.75) is 12.5 Å². The highest BCUT2D eigenvalue weighted by atomic mass is 19.4. The number of aromatic nitrogens is 1. The highest BCUT2D eigenvalue weighted by molar-refractivity contribution is 5.74. The Morgan fingerprint density at radius 1 is 1.35 bits per heavy atom. The zero-order valence-electron chi connectivity index (χ0n) is 9.12. The van der Waals surface area contributed by atoms with Gasteiger partial charge < -0.3 is 9.47 Å². The average Bonchev–Trinajstić information content (AvgIpc) is 2.29. The fourth-order valence-electron chi connectivity index (χ4n) is 1.29. The van der Waals surface area contributed by atoms with Crippen molar-refractivity contribution >= 4 is 6.29 Å². The average molecular weight is 249 g/mol. The van der Waals surface area contributed by atoms with Gasteiger partial charge in [0, 0.05) is 26.0 Å². The van der Waals surface area contributed by atoms with E-state index in [1.165, 1.54) is 14.2 Å². The molecule has 1 aromatic rings. The summed E-state index contributed by atoms with van der Waals surface area (Å²) in [6.45, 7) is 0. The highest BCUT2D eigenvalue weighted by Gasteiger charge is 2.36. The van der Waals surface area contributed by atoms with Crippen LogP contribution in [0.4, 0.5) is 13.2 Å². The van der Waals surface area contributed by atoms with E-state index in [1.54, 1.807) is 0 Å². The normalized spacial score (nSPS) is 11.9. The number of ether oxygens (including phenoxy) is 2. The number of methoxy groups -OCH3 is 2. The molecule has 0 unspecified atom stereocenters. The lowest BCUT2D eigenvalue weighted by Crippen LogP contribution is -2.16. The third-order valence-corrected chi connectivity index (χ3v) is 2.03. The van der Waals surface area contributed by atoms with Crippen molar-refractivity contribution in [1.29, 1.82) is 0 Å². The van der Waals surface area contributed by atoms with E-state index in [0.717, 1.165) is 6.20 Å². The van der Waals surface area contributed by atoms with E-state index in [-0.39, 0.29) is 5.56 Å². The molecule has 0 fully saturated rings. The number of rotatable bonds is 4. The van der Waals surface area contributed by atoms with Crippen molar-refractivity contribution in [2.24, 2.45) is 0 Å². The maximum absolute atomic E-state index is 12.7. The van der Waals surface area contributed by atoms with Crippen LogP contribution in [0.3, 0.4) is 0 Å². The minimum Gasteiger partial charge on any atom is -0.350 e. The Labute approximate surface area is 95.4 Å². The summed E-state index contributed by atoms with van der Waals surface area (Å²) in [7, 11) is 2.40. The van der Waals surface area contributed by atoms with E-state index in [0.29, 0.717) is 12.4 Å². The maximum Gasteiger partial charge on any atom is 0.418 e. The summed E-state index contributed by atoms with van der Waals surface area (Å²) in [6.07, 6.45) is -4.53. The van der Waals surface area contributed by atoms with Crippen LogP contribution in [0.15, 0.2) is 12.3 Å². The number of nitrogens with zero attached hydrogens (tertiary/aromatic N) is 1. The number of carbonyl (C=O) groups excluding carboxylic acids is 1. The summed E-state index contributed by atoms with van der Waals surface area (Å²) in [5.74, 6) is 0. The second kappa shape index (κ2) is 5.24. The van der Waals surface area contributed by atoms with Crippen molar-refractivity contribution in [1.82, 2.24) is 4.98 Å². The van der Waals surface area contributed by atoms with Crippen LogP contribution in [-0.2, 0) is 15.7 Å². The minimum absolute atomic E-state index is 0.160. The highest BCUT2D eigenvalue weighted by Crippen LogP contribution is 2.34. The molecule has 0 saturated heterocycles. The molecule has 0 amide bonds. The summed E-state index contributed by atoms with van der Waals surface area (Å²) in [6, 6.07) is 0.709. The van der Waals surface area contributed by atoms with Crippen LogP contribution < -0.4 is 0 Å². The second-order valence-corrected chi connectivity index (χ2v) is 3.12. The predicted octanol–water partition coefficient (Wildman–Crippen LogP) is 2.20. The van der Waals surface area contributed by atoms with Gasteiger partial charge in [0.05, 0.1) is 5.56 Å². The molecular weight excluding hydrogens is 239 g/mol. The van der Waals surface area contributed by atoms with E-state index in [1.807, 2.05) is 0 Å². The number of halogens is 3. The molecular formula is C10H10F3NO3. The Morgan fingerprint density at radius 3 is 2.35 bits per heavy atom. The largest absolute Gasteiger partial charge is 0.418 e. The topological polar surface area (TPSA) is 48.4 Å². The van der Waals surface area contributed by atoms with E-state index >= 15 is 0 Å². The van der Waals surface area contributed by atoms with Crippen LogP contribution in [0.5, 0.6) is 0 Å². The number of carbonyl (C=O) groups is 1. The number of hydrogen-bond acceptors (Lipinski definition) is 4. The molecule has 1 heterocycles. The first-order valence-corrected chi connectivity index (χ1v) is 4.52. The van der Waals surface area contributed by atoms with E-state index in [4.69, 9.17) is 9.47 Å². The molecule has 0 N–H and O–H groups in total. The molecule has 0 radical (unpaired) electrons. The fourth-order valence-corrected chi connectivity index (χ4v) is 1.29. The van der Waals surface area contributed by atoms with Crippen molar-refractivity contribution < 1.29 is 27.4 Å². The molecule has 7 heteroatoms. The lowest BCUT2D eigenvalue weighted by Gasteiger charge is -2.18. The Kier molecular flexibility index (Phi) is 4.19. The summed E-state index contributed by atoms with van der Waals surface area (Å²) < 4.78 is 47.6. The van der Waals surface area contributed by atoms with Crippen LogP contribution in [0.1, 0.15) is 27.9 Å². The molecule has 17 heavy (non-hydrogen) atoms. The quantitative estimate of drug-likeness (QED) is 0.606. The van der Waals surface area contributed by atoms with Crippen LogP contribution in [0, 0.1) is 0 Å². The van der Waals surface area contributed by atoms with Crippen molar-refractivity contribution in [2.75, 3.05) is 14.2 Å². The van der Waals surface area contributed by atoms with Gasteiger partial charge in [0.15, 0.2) is 6.29 Å². The lowest BCUT2D eigenvalue weighted by atomic mass is 10.1. The van der Waals surface area contributed by atoms with Gasteiger partial charge in [-0.05, 0) is 6.07 Å². The third-order valence-electron chi connectivity index (χ3n) is 2.03. The fraction of sp³-hybridized carbons (Fsp3) is 0.400. The summed E-state index contributed by atoms with van der Waals surface area (Å²) in [5.41, 5.74) is -1.61. The van der Waals surface area contributed by atoms with Crippen molar-refractivity contribution in [3.8, 4) is 0 Å². The predicted molar refractivity (Wildman–Crippen MR) is 51.4 cm³/mol. The minimum atomic E-state index is -4.63. The molecule has 0 aliphatic heterocycles. The number of aldehydes is 1. The van der Waals surface area contributed by atoms with Gasteiger partial charge in [0.1, 0.15) is 5.69 Å². The maximum atomic E-state index is 12.7. The standard InChI is InChI=1S/C10H10F3NO3/c1-16-9(17-2)8-7(10(11,12)13)3-6(5-15)4-14-8/h3-5,9H,1-2H3. The van der Waals surface area contributed by atoms with Gasteiger partial charge in [0.2, 0.25) is 6.29 Å². The van der Waals surface area contributed by atoms with E-state index in [9.17, 15) is 18.0 Å². The molecule has 0 bridgehead atoms.